The Morgan fingerprint density at radius 3 is 2.33 bits per heavy atom. The summed E-state index contributed by atoms with van der Waals surface area (Å²) in [7, 11) is -3.62. The monoisotopic (exact) mass is 526 g/mol. The van der Waals surface area contributed by atoms with Gasteiger partial charge in [-0.05, 0) is 63.3 Å². The minimum atomic E-state index is -3.62. The number of benzene rings is 3. The summed E-state index contributed by atoms with van der Waals surface area (Å²) in [6, 6.07) is 20.6. The van der Waals surface area contributed by atoms with Gasteiger partial charge in [0.05, 0.1) is 12.3 Å². The van der Waals surface area contributed by atoms with Gasteiger partial charge in [-0.1, -0.05) is 88.7 Å². The number of aliphatic hydroxyl groups is 1. The molecule has 1 heterocycles. The molecule has 3 aromatic carbocycles. The van der Waals surface area contributed by atoms with Crippen LogP contribution in [-0.2, 0) is 21.9 Å². The minimum Gasteiger partial charge on any atom is -0.377 e. The lowest BCUT2D eigenvalue weighted by molar-refractivity contribution is 0.166. The molecule has 5 nitrogen and oxygen atoms in total. The zero-order valence-electron chi connectivity index (χ0n) is 21.7. The van der Waals surface area contributed by atoms with Gasteiger partial charge in [-0.2, -0.15) is 4.72 Å². The van der Waals surface area contributed by atoms with Crippen molar-refractivity contribution in [3.63, 3.8) is 0 Å². The molecule has 0 spiro atoms. The molecule has 0 aliphatic carbocycles. The lowest BCUT2D eigenvalue weighted by Gasteiger charge is -2.42. The average molecular weight is 527 g/mol. The quantitative estimate of drug-likeness (QED) is 0.328. The van der Waals surface area contributed by atoms with E-state index in [-0.39, 0.29) is 16.9 Å². The number of hydrogen-bond acceptors (Lipinski definition) is 4. The second kappa shape index (κ2) is 9.49. The van der Waals surface area contributed by atoms with E-state index in [1.54, 1.807) is 6.07 Å². The predicted octanol–water partition coefficient (Wildman–Crippen LogP) is 6.58. The van der Waals surface area contributed by atoms with Crippen LogP contribution in [-0.4, -0.2) is 19.8 Å². The molecule has 0 saturated heterocycles. The van der Waals surface area contributed by atoms with E-state index in [0.29, 0.717) is 22.7 Å². The zero-order chi connectivity index (χ0) is 26.5. The van der Waals surface area contributed by atoms with E-state index in [4.69, 9.17) is 11.6 Å². The summed E-state index contributed by atoms with van der Waals surface area (Å²) in [4.78, 5) is 0. The molecule has 0 fully saturated rings. The topological polar surface area (TPSA) is 78.4 Å². The molecule has 0 bridgehead atoms. The van der Waals surface area contributed by atoms with Gasteiger partial charge in [-0.25, -0.2) is 8.42 Å². The molecule has 1 aliphatic rings. The Bertz CT molecular complexity index is 1380. The number of fused-ring (bicyclic) bond motifs is 1. The van der Waals surface area contributed by atoms with Gasteiger partial charge in [0.2, 0.25) is 10.0 Å². The van der Waals surface area contributed by atoms with E-state index in [1.165, 1.54) is 5.56 Å². The molecule has 0 aromatic heterocycles. The molecule has 36 heavy (non-hydrogen) atoms. The second-order valence-electron chi connectivity index (χ2n) is 11.5. The smallest absolute Gasteiger partial charge is 0.211 e. The molecule has 0 saturated carbocycles. The molecule has 2 unspecified atom stereocenters. The Balaban J connectivity index is 1.72. The highest BCUT2D eigenvalue weighted by atomic mass is 35.5. The van der Waals surface area contributed by atoms with Gasteiger partial charge in [0.1, 0.15) is 6.23 Å². The number of anilines is 1. The van der Waals surface area contributed by atoms with Crippen molar-refractivity contribution < 1.29 is 13.5 Å². The van der Waals surface area contributed by atoms with Gasteiger partial charge in [0.15, 0.2) is 0 Å². The Hall–Kier alpha value is -2.38. The van der Waals surface area contributed by atoms with E-state index in [2.05, 4.69) is 93.2 Å². The van der Waals surface area contributed by atoms with Crippen molar-refractivity contribution in [2.75, 3.05) is 11.6 Å². The lowest BCUT2D eigenvalue weighted by atomic mass is 9.72. The molecule has 0 amide bonds. The van der Waals surface area contributed by atoms with Crippen LogP contribution in [0.5, 0.6) is 0 Å². The number of rotatable bonds is 5. The lowest BCUT2D eigenvalue weighted by Crippen LogP contribution is -2.36. The van der Waals surface area contributed by atoms with Crippen LogP contribution in [0.15, 0.2) is 60.7 Å². The Morgan fingerprint density at radius 2 is 1.72 bits per heavy atom. The predicted molar refractivity (Wildman–Crippen MR) is 149 cm³/mol. The van der Waals surface area contributed by atoms with Crippen molar-refractivity contribution in [3.8, 4) is 11.1 Å². The van der Waals surface area contributed by atoms with Crippen molar-refractivity contribution in [2.24, 2.45) is 5.41 Å². The maximum atomic E-state index is 11.8. The fraction of sp³-hybridized carbons (Fsp3) is 0.379. The van der Waals surface area contributed by atoms with Crippen molar-refractivity contribution >= 4 is 27.3 Å². The van der Waals surface area contributed by atoms with Crippen molar-refractivity contribution in [2.45, 2.75) is 58.7 Å². The molecule has 3 N–H and O–H groups in total. The van der Waals surface area contributed by atoms with Crippen LogP contribution in [0.4, 0.5) is 5.69 Å². The van der Waals surface area contributed by atoms with E-state index < -0.39 is 16.3 Å². The van der Waals surface area contributed by atoms with Crippen LogP contribution in [0.2, 0.25) is 5.02 Å². The van der Waals surface area contributed by atoms with Crippen LogP contribution in [0.25, 0.3) is 11.1 Å². The molecule has 0 radical (unpaired) electrons. The summed E-state index contributed by atoms with van der Waals surface area (Å²) in [5.41, 5.74) is 6.70. The Kier molecular flexibility index (Phi) is 7.03. The van der Waals surface area contributed by atoms with Crippen LogP contribution in [0, 0.1) is 5.41 Å². The van der Waals surface area contributed by atoms with Gasteiger partial charge in [0.25, 0.3) is 0 Å². The first-order chi connectivity index (χ1) is 16.6. The van der Waals surface area contributed by atoms with Gasteiger partial charge >= 0.3 is 0 Å². The zero-order valence-corrected chi connectivity index (χ0v) is 23.3. The summed E-state index contributed by atoms with van der Waals surface area (Å²) in [5, 5.41) is 14.8. The summed E-state index contributed by atoms with van der Waals surface area (Å²) < 4.78 is 25.8. The standard InChI is InChI=1S/C29H35ClN2O3S/c1-28(2,3)22-12-10-18(11-13-22)19-8-7-9-20(14-19)26-29(4,5)17-21-15-23(30)16-24(25(21)31-26)27(33)32-36(6,34)35/h7-16,26-27,31-33H,17H2,1-6H3. The number of nitrogens with one attached hydrogen (secondary N) is 2. The Morgan fingerprint density at radius 1 is 1.06 bits per heavy atom. The number of sulfonamides is 1. The van der Waals surface area contributed by atoms with Gasteiger partial charge < -0.3 is 10.4 Å². The minimum absolute atomic E-state index is 0.0656. The third kappa shape index (κ3) is 5.78. The van der Waals surface area contributed by atoms with Crippen LogP contribution in [0.1, 0.15) is 69.1 Å². The fourth-order valence-electron chi connectivity index (χ4n) is 5.01. The maximum Gasteiger partial charge on any atom is 0.211 e. The highest BCUT2D eigenvalue weighted by Gasteiger charge is 2.38. The molecular weight excluding hydrogens is 492 g/mol. The van der Waals surface area contributed by atoms with Crippen LogP contribution in [0.3, 0.4) is 0 Å². The van der Waals surface area contributed by atoms with Crippen LogP contribution < -0.4 is 10.0 Å². The van der Waals surface area contributed by atoms with E-state index in [9.17, 15) is 13.5 Å². The fourth-order valence-corrected chi connectivity index (χ4v) is 5.79. The van der Waals surface area contributed by atoms with Crippen molar-refractivity contribution in [1.29, 1.82) is 0 Å². The molecule has 7 heteroatoms. The maximum absolute atomic E-state index is 11.8. The number of aliphatic hydroxyl groups excluding tert-OH is 1. The largest absolute Gasteiger partial charge is 0.377 e. The SMILES string of the molecule is CC(C)(C)c1ccc(-c2cccc(C3Nc4c(cc(Cl)cc4C(O)NS(C)(=O)=O)CC3(C)C)c2)cc1. The second-order valence-corrected chi connectivity index (χ2v) is 13.7. The van der Waals surface area contributed by atoms with E-state index in [1.807, 2.05) is 6.07 Å². The summed E-state index contributed by atoms with van der Waals surface area (Å²) in [5.74, 6) is 0. The number of halogens is 1. The molecule has 2 atom stereocenters. The molecule has 192 valence electrons. The first-order valence-corrected chi connectivity index (χ1v) is 14.4. The normalized spacial score (nSPS) is 18.3. The van der Waals surface area contributed by atoms with Crippen LogP contribution >= 0.6 is 11.6 Å². The van der Waals surface area contributed by atoms with Gasteiger partial charge in [-0.3, -0.25) is 0 Å². The first kappa shape index (κ1) is 26.7. The van der Waals surface area contributed by atoms with E-state index in [0.717, 1.165) is 28.5 Å². The highest BCUT2D eigenvalue weighted by Crippen LogP contribution is 2.48. The first-order valence-electron chi connectivity index (χ1n) is 12.1. The van der Waals surface area contributed by atoms with Crippen molar-refractivity contribution in [1.82, 2.24) is 4.72 Å². The van der Waals surface area contributed by atoms with Gasteiger partial charge in [0, 0.05) is 16.3 Å². The molecular formula is C29H35ClN2O3S. The molecule has 3 aromatic rings. The van der Waals surface area contributed by atoms with Gasteiger partial charge in [-0.15, -0.1) is 0 Å². The summed E-state index contributed by atoms with van der Waals surface area (Å²) in [6.45, 7) is 11.0. The summed E-state index contributed by atoms with van der Waals surface area (Å²) in [6.07, 6.45) is 0.324. The van der Waals surface area contributed by atoms with Crippen molar-refractivity contribution in [3.05, 3.63) is 87.9 Å². The Labute approximate surface area is 220 Å². The van der Waals surface area contributed by atoms with E-state index >= 15 is 0 Å². The highest BCUT2D eigenvalue weighted by molar-refractivity contribution is 7.88. The summed E-state index contributed by atoms with van der Waals surface area (Å²) >= 11 is 6.36. The average Bonchev–Trinajstić information content (AvgIpc) is 2.76. The third-order valence-electron chi connectivity index (χ3n) is 6.86. The number of hydrogen-bond donors (Lipinski definition) is 3. The molecule has 1 aliphatic heterocycles. The third-order valence-corrected chi connectivity index (χ3v) is 7.73. The molecule has 4 rings (SSSR count).